The van der Waals surface area contributed by atoms with Crippen LogP contribution in [-0.2, 0) is 14.3 Å². The van der Waals surface area contributed by atoms with E-state index in [1.807, 2.05) is 60.7 Å². The van der Waals surface area contributed by atoms with Gasteiger partial charge in [0.05, 0.1) is 23.1 Å². The van der Waals surface area contributed by atoms with Crippen molar-refractivity contribution in [1.82, 2.24) is 15.6 Å². The molecule has 2 N–H and O–H groups in total. The van der Waals surface area contributed by atoms with Crippen LogP contribution in [0.5, 0.6) is 0 Å². The highest BCUT2D eigenvalue weighted by Gasteiger charge is 2.39. The summed E-state index contributed by atoms with van der Waals surface area (Å²) in [4.78, 5) is 51.1. The molecule has 1 aliphatic heterocycles. The number of nitrogens with one attached hydrogen (secondary N) is 2. The van der Waals surface area contributed by atoms with Crippen molar-refractivity contribution in [2.24, 2.45) is 5.10 Å². The van der Waals surface area contributed by atoms with Crippen molar-refractivity contribution in [3.05, 3.63) is 123 Å². The summed E-state index contributed by atoms with van der Waals surface area (Å²) in [5.74, 6) is -1.32. The summed E-state index contributed by atoms with van der Waals surface area (Å²) in [7, 11) is 0. The molecule has 0 saturated carbocycles. The number of nitro benzene ring substituents is 1. The number of carbonyl (C=O) groups is 3. The first-order chi connectivity index (χ1) is 20.3. The molecule has 0 spiro atoms. The predicted molar refractivity (Wildman–Crippen MR) is 156 cm³/mol. The first-order valence-corrected chi connectivity index (χ1v) is 13.4. The van der Waals surface area contributed by atoms with Gasteiger partial charge in [-0.05, 0) is 30.5 Å². The van der Waals surface area contributed by atoms with Gasteiger partial charge in [-0.3, -0.25) is 14.9 Å². The van der Waals surface area contributed by atoms with Crippen LogP contribution in [-0.4, -0.2) is 47.1 Å². The Bertz CT molecular complexity index is 1470. The zero-order valence-corrected chi connectivity index (χ0v) is 23.2. The summed E-state index contributed by atoms with van der Waals surface area (Å²) >= 11 is 0. The zero-order chi connectivity index (χ0) is 30.1. The number of carbonyl (C=O) groups excluding carboxylic acids is 3. The lowest BCUT2D eigenvalue weighted by molar-refractivity contribution is -0.384. The Balaban J connectivity index is 1.53. The highest BCUT2D eigenvalue weighted by Crippen LogP contribution is 2.35. The smallest absolute Gasteiger partial charge is 0.338 e. The van der Waals surface area contributed by atoms with Crippen molar-refractivity contribution in [3.8, 4) is 0 Å². The Kier molecular flexibility index (Phi) is 9.77. The summed E-state index contributed by atoms with van der Waals surface area (Å²) in [5.41, 5.74) is 5.07. The van der Waals surface area contributed by atoms with Gasteiger partial charge in [-0.25, -0.2) is 15.0 Å². The van der Waals surface area contributed by atoms with E-state index in [-0.39, 0.29) is 42.4 Å². The summed E-state index contributed by atoms with van der Waals surface area (Å²) < 4.78 is 5.23. The number of nitrogens with zero attached hydrogens (tertiary/aromatic N) is 3. The largest absolute Gasteiger partial charge is 0.463 e. The van der Waals surface area contributed by atoms with Gasteiger partial charge in [0.2, 0.25) is 5.91 Å². The maximum absolute atomic E-state index is 13.1. The molecule has 3 amide bonds. The van der Waals surface area contributed by atoms with E-state index in [4.69, 9.17) is 4.74 Å². The molecule has 1 unspecified atom stereocenters. The first-order valence-electron chi connectivity index (χ1n) is 13.4. The van der Waals surface area contributed by atoms with Crippen LogP contribution in [0, 0.1) is 10.1 Å². The van der Waals surface area contributed by atoms with E-state index < -0.39 is 28.9 Å². The molecule has 216 valence electrons. The second-order valence-corrected chi connectivity index (χ2v) is 9.50. The maximum atomic E-state index is 13.1. The van der Waals surface area contributed by atoms with E-state index in [1.54, 1.807) is 26.1 Å². The number of hydrazone groups is 1. The van der Waals surface area contributed by atoms with E-state index in [2.05, 4.69) is 15.8 Å². The lowest BCUT2D eigenvalue weighted by Gasteiger charge is -2.37. The van der Waals surface area contributed by atoms with Gasteiger partial charge in [-0.15, -0.1) is 0 Å². The molecule has 11 nitrogen and oxygen atoms in total. The molecule has 0 fully saturated rings. The third-order valence-electron chi connectivity index (χ3n) is 6.75. The fourth-order valence-electron chi connectivity index (χ4n) is 4.78. The molecule has 1 atom stereocenters. The molecule has 0 bridgehead atoms. The van der Waals surface area contributed by atoms with Crippen LogP contribution in [0.15, 0.2) is 101 Å². The van der Waals surface area contributed by atoms with Crippen LogP contribution in [0.1, 0.15) is 48.9 Å². The third kappa shape index (κ3) is 7.05. The van der Waals surface area contributed by atoms with Gasteiger partial charge in [0.25, 0.3) is 5.69 Å². The average molecular weight is 570 g/mol. The van der Waals surface area contributed by atoms with Gasteiger partial charge in [0.15, 0.2) is 0 Å². The second kappa shape index (κ2) is 13.8. The Labute approximate surface area is 243 Å². The number of allylic oxidation sites excluding steroid dienone is 1. The van der Waals surface area contributed by atoms with Gasteiger partial charge in [-0.2, -0.15) is 5.10 Å². The Morgan fingerprint density at radius 2 is 1.71 bits per heavy atom. The van der Waals surface area contributed by atoms with Crippen LogP contribution < -0.4 is 10.7 Å². The molecule has 11 heteroatoms. The molecular formula is C31H31N5O6. The molecule has 0 aliphatic carbocycles. The van der Waals surface area contributed by atoms with Gasteiger partial charge < -0.3 is 15.0 Å². The summed E-state index contributed by atoms with van der Waals surface area (Å²) in [6, 6.07) is 23.6. The van der Waals surface area contributed by atoms with Crippen molar-refractivity contribution in [3.63, 3.8) is 0 Å². The van der Waals surface area contributed by atoms with E-state index in [0.29, 0.717) is 5.56 Å². The molecule has 4 rings (SSSR count). The molecule has 3 aromatic carbocycles. The van der Waals surface area contributed by atoms with Gasteiger partial charge in [0.1, 0.15) is 0 Å². The number of non-ortho nitro benzene ring substituents is 1. The van der Waals surface area contributed by atoms with E-state index in [1.165, 1.54) is 23.1 Å². The van der Waals surface area contributed by atoms with Gasteiger partial charge in [0, 0.05) is 42.9 Å². The lowest BCUT2D eigenvalue weighted by Crippen LogP contribution is -2.49. The molecular weight excluding hydrogens is 538 g/mol. The molecule has 0 radical (unpaired) electrons. The predicted octanol–water partition coefficient (Wildman–Crippen LogP) is 4.82. The van der Waals surface area contributed by atoms with Crippen LogP contribution in [0.4, 0.5) is 10.5 Å². The van der Waals surface area contributed by atoms with Crippen LogP contribution >= 0.6 is 0 Å². The van der Waals surface area contributed by atoms with E-state index in [9.17, 15) is 24.5 Å². The number of esters is 1. The molecule has 1 aliphatic rings. The van der Waals surface area contributed by atoms with Crippen molar-refractivity contribution in [2.45, 2.75) is 32.2 Å². The average Bonchev–Trinajstić information content (AvgIpc) is 2.99. The van der Waals surface area contributed by atoms with Crippen molar-refractivity contribution in [2.75, 3.05) is 13.2 Å². The fourth-order valence-corrected chi connectivity index (χ4v) is 4.78. The van der Waals surface area contributed by atoms with E-state index in [0.717, 1.165) is 11.1 Å². The molecule has 1 heterocycles. The molecule has 0 saturated heterocycles. The van der Waals surface area contributed by atoms with Crippen molar-refractivity contribution < 1.29 is 24.0 Å². The van der Waals surface area contributed by atoms with Crippen LogP contribution in [0.3, 0.4) is 0 Å². The van der Waals surface area contributed by atoms with Gasteiger partial charge in [-0.1, -0.05) is 72.8 Å². The number of rotatable bonds is 11. The second-order valence-electron chi connectivity index (χ2n) is 9.50. The maximum Gasteiger partial charge on any atom is 0.338 e. The highest BCUT2D eigenvalue weighted by molar-refractivity contribution is 5.95. The Morgan fingerprint density at radius 1 is 1.07 bits per heavy atom. The number of amides is 3. The number of hydrogen-bond acceptors (Lipinski definition) is 7. The number of nitro groups is 1. The number of benzene rings is 3. The number of ether oxygens (including phenoxy) is 1. The monoisotopic (exact) mass is 569 g/mol. The van der Waals surface area contributed by atoms with Crippen LogP contribution in [0.2, 0.25) is 0 Å². The van der Waals surface area contributed by atoms with Crippen molar-refractivity contribution >= 4 is 29.8 Å². The number of urea groups is 1. The normalized spacial score (nSPS) is 15.1. The minimum atomic E-state index is -1.01. The molecule has 0 aromatic heterocycles. The fraction of sp³-hybridized carbons (Fsp3) is 0.226. The third-order valence-corrected chi connectivity index (χ3v) is 6.75. The molecule has 42 heavy (non-hydrogen) atoms. The quantitative estimate of drug-likeness (QED) is 0.147. The minimum Gasteiger partial charge on any atom is -0.463 e. The summed E-state index contributed by atoms with van der Waals surface area (Å²) in [5, 5.41) is 18.3. The topological polar surface area (TPSA) is 143 Å². The standard InChI is InChI=1S/C31H31N5O6/c1-3-42-30(38)28-21(2)33-31(39)35(29(28)24-15-10-16-25(19-24)36(40)41)18-17-27(37)34-32-20-26(22-11-6-4-7-12-22)23-13-8-5-9-14-23/h4-16,19-20,26,29H,3,17-18H2,1-2H3,(H,33,39)(H,34,37)/b32-20+. The Morgan fingerprint density at radius 3 is 2.31 bits per heavy atom. The lowest BCUT2D eigenvalue weighted by atomic mass is 9.92. The SMILES string of the molecule is CCOC(=O)C1=C(C)NC(=O)N(CCC(=O)N/N=C/C(c2ccccc2)c2ccccc2)C1c1cccc([N+](=O)[O-])c1. The Hall–Kier alpha value is -5.32. The zero-order valence-electron chi connectivity index (χ0n) is 23.2. The van der Waals surface area contributed by atoms with Gasteiger partial charge >= 0.3 is 12.0 Å². The summed E-state index contributed by atoms with van der Waals surface area (Å²) in [6.45, 7) is 3.21. The van der Waals surface area contributed by atoms with Crippen molar-refractivity contribution in [1.29, 1.82) is 0 Å². The minimum absolute atomic E-state index is 0.0958. The number of hydrogen-bond donors (Lipinski definition) is 2. The summed E-state index contributed by atoms with van der Waals surface area (Å²) in [6.07, 6.45) is 1.50. The first kappa shape index (κ1) is 29.7. The highest BCUT2D eigenvalue weighted by atomic mass is 16.6. The van der Waals surface area contributed by atoms with E-state index >= 15 is 0 Å². The molecule has 3 aromatic rings. The van der Waals surface area contributed by atoms with Crippen LogP contribution in [0.25, 0.3) is 0 Å².